The number of unbranched alkanes of at least 4 members (excludes halogenated alkanes) is 5. The van der Waals surface area contributed by atoms with Gasteiger partial charge in [0.05, 0.1) is 0 Å². The monoisotopic (exact) mass is 339 g/mol. The Labute approximate surface area is 146 Å². The van der Waals surface area contributed by atoms with E-state index in [0.29, 0.717) is 6.42 Å². The molecule has 1 amide bonds. The number of hydrogen-bond acceptors (Lipinski definition) is 3. The van der Waals surface area contributed by atoms with Crippen molar-refractivity contribution in [3.63, 3.8) is 0 Å². The van der Waals surface area contributed by atoms with Gasteiger partial charge in [0.1, 0.15) is 0 Å². The van der Waals surface area contributed by atoms with Gasteiger partial charge in [0.2, 0.25) is 5.91 Å². The van der Waals surface area contributed by atoms with Crippen LogP contribution in [0.3, 0.4) is 0 Å². The molecular weight excluding hydrogens is 306 g/mol. The summed E-state index contributed by atoms with van der Waals surface area (Å²) in [6.45, 7) is 2.94. The molecule has 0 radical (unpaired) electrons. The van der Waals surface area contributed by atoms with E-state index in [2.05, 4.69) is 12.2 Å². The highest BCUT2D eigenvalue weighted by molar-refractivity contribution is 8.16. The summed E-state index contributed by atoms with van der Waals surface area (Å²) in [4.78, 5) is 23.4. The summed E-state index contributed by atoms with van der Waals surface area (Å²) in [7, 11) is 0. The van der Waals surface area contributed by atoms with Crippen LogP contribution in [0.25, 0.3) is 0 Å². The molecule has 1 aliphatic rings. The molecule has 3 nitrogen and oxygen atoms in total. The molecule has 132 valence electrons. The van der Waals surface area contributed by atoms with Crippen molar-refractivity contribution in [1.82, 2.24) is 5.32 Å². The molecule has 23 heavy (non-hydrogen) atoms. The lowest BCUT2D eigenvalue weighted by Crippen LogP contribution is -2.21. The number of thioether (sulfide) groups is 1. The molecular formula is C19H33NO2S. The largest absolute Gasteiger partial charge is 0.353 e. The number of nitrogens with one attached hydrogen (secondary N) is 1. The van der Waals surface area contributed by atoms with Crippen LogP contribution in [-0.2, 0) is 9.59 Å². The Hall–Kier alpha value is -0.770. The van der Waals surface area contributed by atoms with Gasteiger partial charge in [0, 0.05) is 19.0 Å². The van der Waals surface area contributed by atoms with Crippen LogP contribution < -0.4 is 5.32 Å². The van der Waals surface area contributed by atoms with Crippen LogP contribution in [0, 0.1) is 5.92 Å². The fourth-order valence-corrected chi connectivity index (χ4v) is 3.61. The third-order valence-electron chi connectivity index (χ3n) is 4.48. The molecule has 1 rings (SSSR count). The molecule has 1 fully saturated rings. The van der Waals surface area contributed by atoms with E-state index in [1.54, 1.807) is 5.41 Å². The van der Waals surface area contributed by atoms with E-state index in [-0.39, 0.29) is 11.0 Å². The third-order valence-corrected chi connectivity index (χ3v) is 5.22. The first-order chi connectivity index (χ1) is 11.2. The Balaban J connectivity index is 1.96. The van der Waals surface area contributed by atoms with Gasteiger partial charge in [-0.25, -0.2) is 0 Å². The summed E-state index contributed by atoms with van der Waals surface area (Å²) in [5.41, 5.74) is 0. The van der Waals surface area contributed by atoms with Gasteiger partial charge in [-0.3, -0.25) is 9.59 Å². The summed E-state index contributed by atoms with van der Waals surface area (Å²) in [6, 6.07) is 0. The van der Waals surface area contributed by atoms with Gasteiger partial charge in [-0.15, -0.1) is 0 Å². The summed E-state index contributed by atoms with van der Waals surface area (Å²) in [6.07, 6.45) is 15.7. The zero-order valence-corrected chi connectivity index (χ0v) is 15.5. The first-order valence-electron chi connectivity index (χ1n) is 9.36. The molecule has 0 heterocycles. The average molecular weight is 340 g/mol. The minimum absolute atomic E-state index is 0.0883. The number of rotatable bonds is 12. The van der Waals surface area contributed by atoms with E-state index in [1.165, 1.54) is 63.9 Å². The standard InChI is InChI=1S/C19H33NO2S/c1-2-3-4-5-6-9-15-20-18(21)14-16-23-19(22)13-12-17-10-7-8-11-17/h14,16-17H,2-13,15H2,1H3,(H,20,21)/b16-14-. The molecule has 0 bridgehead atoms. The molecule has 0 atom stereocenters. The molecule has 0 aromatic rings. The first kappa shape index (κ1) is 20.3. The summed E-state index contributed by atoms with van der Waals surface area (Å²) < 4.78 is 0. The van der Waals surface area contributed by atoms with Gasteiger partial charge in [0.25, 0.3) is 0 Å². The summed E-state index contributed by atoms with van der Waals surface area (Å²) in [5.74, 6) is 0.666. The van der Waals surface area contributed by atoms with Crippen LogP contribution in [0.1, 0.15) is 84.0 Å². The van der Waals surface area contributed by atoms with Crippen molar-refractivity contribution >= 4 is 22.8 Å². The van der Waals surface area contributed by atoms with Gasteiger partial charge in [-0.05, 0) is 24.2 Å². The third kappa shape index (κ3) is 11.4. The van der Waals surface area contributed by atoms with Crippen LogP contribution in [0.15, 0.2) is 11.5 Å². The Kier molecular flexibility index (Phi) is 12.0. The number of carbonyl (C=O) groups is 2. The highest BCUT2D eigenvalue weighted by Crippen LogP contribution is 2.29. The Morgan fingerprint density at radius 2 is 1.78 bits per heavy atom. The molecule has 0 unspecified atom stereocenters. The summed E-state index contributed by atoms with van der Waals surface area (Å²) >= 11 is 1.16. The van der Waals surface area contributed by atoms with Crippen LogP contribution >= 0.6 is 11.8 Å². The lowest BCUT2D eigenvalue weighted by molar-refractivity contribution is -0.116. The van der Waals surface area contributed by atoms with Crippen molar-refractivity contribution in [1.29, 1.82) is 0 Å². The van der Waals surface area contributed by atoms with Crippen LogP contribution in [-0.4, -0.2) is 17.6 Å². The first-order valence-corrected chi connectivity index (χ1v) is 10.2. The quantitative estimate of drug-likeness (QED) is 0.392. The Bertz CT molecular complexity index is 362. The fraction of sp³-hybridized carbons (Fsp3) is 0.789. The fourth-order valence-electron chi connectivity index (χ4n) is 3.03. The zero-order valence-electron chi connectivity index (χ0n) is 14.6. The number of amides is 1. The minimum atomic E-state index is -0.0883. The predicted octanol–water partition coefficient (Wildman–Crippen LogP) is 5.21. The number of hydrogen-bond donors (Lipinski definition) is 1. The van der Waals surface area contributed by atoms with E-state index < -0.39 is 0 Å². The highest BCUT2D eigenvalue weighted by Gasteiger charge is 2.15. The molecule has 0 aromatic heterocycles. The predicted molar refractivity (Wildman–Crippen MR) is 99.3 cm³/mol. The minimum Gasteiger partial charge on any atom is -0.353 e. The lowest BCUT2D eigenvalue weighted by Gasteiger charge is -2.06. The Morgan fingerprint density at radius 1 is 1.09 bits per heavy atom. The van der Waals surface area contributed by atoms with E-state index in [9.17, 15) is 9.59 Å². The van der Waals surface area contributed by atoms with Gasteiger partial charge < -0.3 is 5.32 Å². The Morgan fingerprint density at radius 3 is 2.52 bits per heavy atom. The van der Waals surface area contributed by atoms with Gasteiger partial charge >= 0.3 is 0 Å². The van der Waals surface area contributed by atoms with E-state index in [4.69, 9.17) is 0 Å². The lowest BCUT2D eigenvalue weighted by atomic mass is 10.0. The van der Waals surface area contributed by atoms with Crippen molar-refractivity contribution < 1.29 is 9.59 Å². The van der Waals surface area contributed by atoms with Crippen molar-refractivity contribution in [2.75, 3.05) is 6.54 Å². The van der Waals surface area contributed by atoms with E-state index in [0.717, 1.165) is 37.1 Å². The van der Waals surface area contributed by atoms with Gasteiger partial charge in [-0.2, -0.15) is 0 Å². The maximum atomic E-state index is 11.7. The van der Waals surface area contributed by atoms with Gasteiger partial charge in [-0.1, -0.05) is 76.5 Å². The molecule has 0 saturated heterocycles. The maximum absolute atomic E-state index is 11.7. The normalized spacial score (nSPS) is 15.3. The van der Waals surface area contributed by atoms with Crippen LogP contribution in [0.5, 0.6) is 0 Å². The molecule has 1 aliphatic carbocycles. The van der Waals surface area contributed by atoms with Crippen molar-refractivity contribution in [2.24, 2.45) is 5.92 Å². The highest BCUT2D eigenvalue weighted by atomic mass is 32.2. The molecule has 1 saturated carbocycles. The topological polar surface area (TPSA) is 46.2 Å². The molecule has 4 heteroatoms. The van der Waals surface area contributed by atoms with Crippen LogP contribution in [0.4, 0.5) is 0 Å². The number of carbonyl (C=O) groups excluding carboxylic acids is 2. The van der Waals surface area contributed by atoms with Gasteiger partial charge in [0.15, 0.2) is 5.12 Å². The second kappa shape index (κ2) is 13.6. The smallest absolute Gasteiger partial charge is 0.244 e. The van der Waals surface area contributed by atoms with Crippen molar-refractivity contribution in [3.05, 3.63) is 11.5 Å². The molecule has 0 aromatic carbocycles. The second-order valence-electron chi connectivity index (χ2n) is 6.54. The van der Waals surface area contributed by atoms with E-state index >= 15 is 0 Å². The van der Waals surface area contributed by atoms with Crippen LogP contribution in [0.2, 0.25) is 0 Å². The average Bonchev–Trinajstić information content (AvgIpc) is 3.05. The summed E-state index contributed by atoms with van der Waals surface area (Å²) in [5, 5.41) is 4.68. The zero-order chi connectivity index (χ0) is 16.8. The molecule has 1 N–H and O–H groups in total. The second-order valence-corrected chi connectivity index (χ2v) is 7.50. The maximum Gasteiger partial charge on any atom is 0.244 e. The van der Waals surface area contributed by atoms with Crippen molar-refractivity contribution in [3.8, 4) is 0 Å². The van der Waals surface area contributed by atoms with Crippen molar-refractivity contribution in [2.45, 2.75) is 84.0 Å². The SMILES string of the molecule is CCCCCCCCNC(=O)/C=C\SC(=O)CCC1CCCC1. The molecule has 0 spiro atoms. The van der Waals surface area contributed by atoms with E-state index in [1.807, 2.05) is 0 Å². The molecule has 0 aliphatic heterocycles.